The summed E-state index contributed by atoms with van der Waals surface area (Å²) in [5.41, 5.74) is 0.715. The summed E-state index contributed by atoms with van der Waals surface area (Å²) in [6, 6.07) is 10.3. The van der Waals surface area contributed by atoms with Gasteiger partial charge in [-0.25, -0.2) is 13.2 Å². The summed E-state index contributed by atoms with van der Waals surface area (Å²) in [5, 5.41) is 22.9. The molecule has 0 saturated carbocycles. The second-order valence-corrected chi connectivity index (χ2v) is 12.4. The number of aliphatic hydroxyl groups excluding tert-OH is 1. The Balaban J connectivity index is 1.69. The molecule has 0 bridgehead atoms. The standard InChI is InChI=1S/C28H39N3O9S/c1-19(2)16-31(41(36,37)22-11-12-25-26(15-22)40-18-39-25)17-24(32)23(29-28(34)35)14-20-7-9-21(10-8-20)38-13-5-6-27(33)30(3)4/h7-12,15,19,23-24,29,32H,5-6,13-14,16-18H2,1-4H3,(H,34,35)/t23-,24-/m0/s1. The van der Waals surface area contributed by atoms with Crippen molar-refractivity contribution in [1.82, 2.24) is 14.5 Å². The lowest BCUT2D eigenvalue weighted by atomic mass is 10.0. The number of nitrogens with one attached hydrogen (secondary N) is 1. The molecular weight excluding hydrogens is 554 g/mol. The maximum atomic E-state index is 13.6. The number of nitrogens with zero attached hydrogens (tertiary/aromatic N) is 2. The molecule has 41 heavy (non-hydrogen) atoms. The van der Waals surface area contributed by atoms with Gasteiger partial charge in [-0.2, -0.15) is 4.31 Å². The molecular formula is C28H39N3O9S. The van der Waals surface area contributed by atoms with E-state index in [0.717, 1.165) is 4.31 Å². The summed E-state index contributed by atoms with van der Waals surface area (Å²) in [5.74, 6) is 1.31. The second-order valence-electron chi connectivity index (χ2n) is 10.4. The molecule has 0 radical (unpaired) electrons. The van der Waals surface area contributed by atoms with Gasteiger partial charge in [0, 0.05) is 39.7 Å². The molecule has 2 atom stereocenters. The van der Waals surface area contributed by atoms with Gasteiger partial charge < -0.3 is 34.6 Å². The first-order chi connectivity index (χ1) is 19.4. The van der Waals surface area contributed by atoms with E-state index in [1.54, 1.807) is 38.4 Å². The summed E-state index contributed by atoms with van der Waals surface area (Å²) in [6.07, 6.45) is -1.62. The lowest BCUT2D eigenvalue weighted by Crippen LogP contribution is -2.50. The van der Waals surface area contributed by atoms with Crippen LogP contribution in [-0.4, -0.2) is 92.6 Å². The number of ether oxygens (including phenoxy) is 3. The van der Waals surface area contributed by atoms with Crippen LogP contribution in [0.2, 0.25) is 0 Å². The van der Waals surface area contributed by atoms with Gasteiger partial charge in [-0.05, 0) is 48.6 Å². The molecule has 2 aromatic carbocycles. The first-order valence-corrected chi connectivity index (χ1v) is 14.8. The highest BCUT2D eigenvalue weighted by atomic mass is 32.2. The van der Waals surface area contributed by atoms with Crippen molar-refractivity contribution in [1.29, 1.82) is 0 Å². The number of carbonyl (C=O) groups is 2. The first-order valence-electron chi connectivity index (χ1n) is 13.4. The molecule has 1 aliphatic heterocycles. The molecule has 13 heteroatoms. The maximum Gasteiger partial charge on any atom is 0.404 e. The summed E-state index contributed by atoms with van der Waals surface area (Å²) in [7, 11) is -0.653. The third kappa shape index (κ3) is 9.23. The molecule has 3 N–H and O–H groups in total. The Morgan fingerprint density at radius 2 is 1.73 bits per heavy atom. The number of benzene rings is 2. The Bertz CT molecular complexity index is 1280. The lowest BCUT2D eigenvalue weighted by Gasteiger charge is -2.30. The molecule has 1 heterocycles. The number of carbonyl (C=O) groups excluding carboxylic acids is 1. The van der Waals surface area contributed by atoms with E-state index in [1.165, 1.54) is 23.1 Å². The zero-order chi connectivity index (χ0) is 30.2. The molecule has 2 aromatic rings. The number of amides is 2. The van der Waals surface area contributed by atoms with Crippen molar-refractivity contribution in [2.24, 2.45) is 5.92 Å². The molecule has 12 nitrogen and oxygen atoms in total. The van der Waals surface area contributed by atoms with Crippen molar-refractivity contribution in [3.05, 3.63) is 48.0 Å². The van der Waals surface area contributed by atoms with Gasteiger partial charge in [0.1, 0.15) is 5.75 Å². The van der Waals surface area contributed by atoms with Crippen LogP contribution in [0.25, 0.3) is 0 Å². The summed E-state index contributed by atoms with van der Waals surface area (Å²) >= 11 is 0. The highest BCUT2D eigenvalue weighted by molar-refractivity contribution is 7.89. The van der Waals surface area contributed by atoms with Gasteiger partial charge in [0.2, 0.25) is 22.7 Å². The van der Waals surface area contributed by atoms with Crippen LogP contribution in [-0.2, 0) is 21.2 Å². The smallest absolute Gasteiger partial charge is 0.404 e. The van der Waals surface area contributed by atoms with Crippen molar-refractivity contribution in [2.75, 3.05) is 40.6 Å². The van der Waals surface area contributed by atoms with Crippen LogP contribution in [0, 0.1) is 5.92 Å². The molecule has 0 saturated heterocycles. The largest absolute Gasteiger partial charge is 0.494 e. The Morgan fingerprint density at radius 1 is 1.05 bits per heavy atom. The summed E-state index contributed by atoms with van der Waals surface area (Å²) in [4.78, 5) is 24.7. The third-order valence-electron chi connectivity index (χ3n) is 6.40. The molecule has 226 valence electrons. The predicted octanol–water partition coefficient (Wildman–Crippen LogP) is 2.55. The fourth-order valence-electron chi connectivity index (χ4n) is 4.25. The molecule has 0 fully saturated rings. The third-order valence-corrected chi connectivity index (χ3v) is 8.22. The highest BCUT2D eigenvalue weighted by Gasteiger charge is 2.32. The number of sulfonamides is 1. The molecule has 2 amide bonds. The number of rotatable bonds is 15. The average Bonchev–Trinajstić information content (AvgIpc) is 3.38. The Morgan fingerprint density at radius 3 is 2.37 bits per heavy atom. The molecule has 0 unspecified atom stereocenters. The van der Waals surface area contributed by atoms with Crippen LogP contribution in [0.3, 0.4) is 0 Å². The van der Waals surface area contributed by atoms with Crippen LogP contribution >= 0.6 is 0 Å². The number of hydrogen-bond donors (Lipinski definition) is 3. The van der Waals surface area contributed by atoms with Crippen molar-refractivity contribution in [3.8, 4) is 17.2 Å². The molecule has 0 aliphatic carbocycles. The van der Waals surface area contributed by atoms with E-state index < -0.39 is 28.3 Å². The second kappa shape index (κ2) is 14.4. The Labute approximate surface area is 240 Å². The minimum atomic E-state index is -4.05. The van der Waals surface area contributed by atoms with E-state index in [-0.39, 0.29) is 43.0 Å². The predicted molar refractivity (Wildman–Crippen MR) is 151 cm³/mol. The zero-order valence-electron chi connectivity index (χ0n) is 23.8. The van der Waals surface area contributed by atoms with Crippen LogP contribution in [0.5, 0.6) is 17.2 Å². The van der Waals surface area contributed by atoms with Crippen molar-refractivity contribution < 1.29 is 42.4 Å². The number of aliphatic hydroxyl groups is 1. The Hall–Kier alpha value is -3.55. The molecule has 0 spiro atoms. The van der Waals surface area contributed by atoms with E-state index in [0.29, 0.717) is 42.3 Å². The maximum absolute atomic E-state index is 13.6. The van der Waals surface area contributed by atoms with E-state index in [4.69, 9.17) is 14.2 Å². The van der Waals surface area contributed by atoms with Crippen molar-refractivity contribution >= 4 is 22.0 Å². The monoisotopic (exact) mass is 593 g/mol. The van der Waals surface area contributed by atoms with Gasteiger partial charge in [-0.1, -0.05) is 26.0 Å². The fraction of sp³-hybridized carbons (Fsp3) is 0.500. The lowest BCUT2D eigenvalue weighted by molar-refractivity contribution is -0.128. The minimum absolute atomic E-state index is 0.000676. The van der Waals surface area contributed by atoms with Crippen molar-refractivity contribution in [2.45, 2.75) is 50.2 Å². The van der Waals surface area contributed by atoms with Crippen LogP contribution < -0.4 is 19.5 Å². The summed E-state index contributed by atoms with van der Waals surface area (Å²) < 4.78 is 44.6. The fourth-order valence-corrected chi connectivity index (χ4v) is 5.89. The summed E-state index contributed by atoms with van der Waals surface area (Å²) in [6.45, 7) is 3.86. The molecule has 1 aliphatic rings. The van der Waals surface area contributed by atoms with Gasteiger partial charge in [0.25, 0.3) is 0 Å². The first kappa shape index (κ1) is 32.0. The van der Waals surface area contributed by atoms with E-state index in [2.05, 4.69) is 5.32 Å². The number of fused-ring (bicyclic) bond motifs is 1. The van der Waals surface area contributed by atoms with Crippen molar-refractivity contribution in [3.63, 3.8) is 0 Å². The Kier molecular flexibility index (Phi) is 11.2. The quantitative estimate of drug-likeness (QED) is 0.264. The van der Waals surface area contributed by atoms with Gasteiger partial charge in [-0.15, -0.1) is 0 Å². The highest BCUT2D eigenvalue weighted by Crippen LogP contribution is 2.35. The minimum Gasteiger partial charge on any atom is -0.494 e. The van der Waals surface area contributed by atoms with Gasteiger partial charge in [0.05, 0.1) is 23.6 Å². The van der Waals surface area contributed by atoms with E-state index in [9.17, 15) is 28.2 Å². The molecule has 0 aromatic heterocycles. The van der Waals surface area contributed by atoms with Gasteiger partial charge in [-0.3, -0.25) is 4.79 Å². The number of carboxylic acid groups (broad SMARTS) is 1. The van der Waals surface area contributed by atoms with Gasteiger partial charge in [0.15, 0.2) is 11.5 Å². The van der Waals surface area contributed by atoms with Gasteiger partial charge >= 0.3 is 6.09 Å². The van der Waals surface area contributed by atoms with E-state index in [1.807, 2.05) is 13.8 Å². The topological polar surface area (TPSA) is 155 Å². The number of hydrogen-bond acceptors (Lipinski definition) is 8. The molecule has 3 rings (SSSR count). The van der Waals surface area contributed by atoms with E-state index >= 15 is 0 Å². The van der Waals surface area contributed by atoms with Crippen LogP contribution in [0.1, 0.15) is 32.3 Å². The SMILES string of the molecule is CC(C)CN(C[C@H](O)[C@H](Cc1ccc(OCCCC(=O)N(C)C)cc1)NC(=O)O)S(=O)(=O)c1ccc2c(c1)OCO2. The average molecular weight is 594 g/mol. The normalized spacial score (nSPS) is 14.1. The zero-order valence-corrected chi connectivity index (χ0v) is 24.6. The van der Waals surface area contributed by atoms with Crippen LogP contribution in [0.4, 0.5) is 4.79 Å². The van der Waals surface area contributed by atoms with Crippen LogP contribution in [0.15, 0.2) is 47.4 Å².